The first-order chi connectivity index (χ1) is 10.6. The Bertz CT molecular complexity index is 482. The van der Waals surface area contributed by atoms with E-state index in [0.717, 1.165) is 29.3 Å². The average Bonchev–Trinajstić information content (AvgIpc) is 2.39. The molecule has 0 N–H and O–H groups in total. The van der Waals surface area contributed by atoms with Gasteiger partial charge in [-0.15, -0.1) is 11.8 Å². The minimum absolute atomic E-state index is 0.0108. The third-order valence-electron chi connectivity index (χ3n) is 2.92. The van der Waals surface area contributed by atoms with Crippen LogP contribution in [0.4, 0.5) is 26.3 Å². The zero-order valence-corrected chi connectivity index (χ0v) is 14.1. The summed E-state index contributed by atoms with van der Waals surface area (Å²) in [4.78, 5) is 0.549. The summed E-state index contributed by atoms with van der Waals surface area (Å²) >= 11 is 0.724. The van der Waals surface area contributed by atoms with Gasteiger partial charge in [0.2, 0.25) is 0 Å². The van der Waals surface area contributed by atoms with E-state index in [1.54, 1.807) is 19.1 Å². The third kappa shape index (κ3) is 10.1. The predicted molar refractivity (Wildman–Crippen MR) is 82.9 cm³/mol. The number of rotatable bonds is 8. The van der Waals surface area contributed by atoms with Crippen molar-refractivity contribution in [3.8, 4) is 0 Å². The van der Waals surface area contributed by atoms with Gasteiger partial charge in [0, 0.05) is 10.6 Å². The highest BCUT2D eigenvalue weighted by Crippen LogP contribution is 2.31. The second-order valence-corrected chi connectivity index (χ2v) is 7.19. The zero-order chi connectivity index (χ0) is 17.5. The number of alkyl halides is 6. The molecule has 0 atom stereocenters. The molecule has 8 heteroatoms. The minimum atomic E-state index is -4.20. The quantitative estimate of drug-likeness (QED) is 0.292. The van der Waals surface area contributed by atoms with Crippen molar-refractivity contribution >= 4 is 23.5 Å². The molecule has 0 aliphatic carbocycles. The molecule has 0 nitrogen and oxygen atoms in total. The van der Waals surface area contributed by atoms with Gasteiger partial charge in [-0.25, -0.2) is 0 Å². The first-order valence-corrected chi connectivity index (χ1v) is 8.95. The van der Waals surface area contributed by atoms with Crippen LogP contribution in [-0.4, -0.2) is 23.2 Å². The summed E-state index contributed by atoms with van der Waals surface area (Å²) in [6, 6.07) is 6.31. The number of hydrogen-bond acceptors (Lipinski definition) is 2. The average molecular weight is 375 g/mol. The highest BCUT2D eigenvalue weighted by molar-refractivity contribution is 8.00. The number of aryl methyl sites for hydroxylation is 2. The second-order valence-electron chi connectivity index (χ2n) is 5.01. The summed E-state index contributed by atoms with van der Waals surface area (Å²) < 4.78 is 72.4. The van der Waals surface area contributed by atoms with Gasteiger partial charge in [0.05, 0.1) is 5.75 Å². The van der Waals surface area contributed by atoms with Crippen LogP contribution < -0.4 is 0 Å². The van der Waals surface area contributed by atoms with E-state index in [4.69, 9.17) is 0 Å². The molecule has 1 rings (SSSR count). The fourth-order valence-corrected chi connectivity index (χ4v) is 3.22. The Hall–Kier alpha value is -0.500. The number of benzene rings is 1. The highest BCUT2D eigenvalue weighted by Gasteiger charge is 2.28. The molecule has 1 radical (unpaired) electrons. The second kappa shape index (κ2) is 9.11. The lowest BCUT2D eigenvalue weighted by Crippen LogP contribution is -2.10. The molecule has 0 heterocycles. The van der Waals surface area contributed by atoms with Crippen molar-refractivity contribution in [2.75, 3.05) is 11.5 Å². The summed E-state index contributed by atoms with van der Waals surface area (Å²) in [6.07, 6.45) is -1.63. The minimum Gasteiger partial charge on any atom is -0.170 e. The molecule has 0 aliphatic heterocycles. The molecule has 0 saturated heterocycles. The summed E-state index contributed by atoms with van der Waals surface area (Å²) in [5.74, 6) is -0.878. The topological polar surface area (TPSA) is 0 Å². The molecule has 1 aromatic rings. The van der Waals surface area contributed by atoms with Crippen molar-refractivity contribution in [1.29, 1.82) is 0 Å². The van der Waals surface area contributed by atoms with E-state index < -0.39 is 17.4 Å². The lowest BCUT2D eigenvalue weighted by molar-refractivity contribution is -0.105. The van der Waals surface area contributed by atoms with Crippen LogP contribution >= 0.6 is 23.5 Å². The van der Waals surface area contributed by atoms with Gasteiger partial charge < -0.3 is 0 Å². The third-order valence-corrected chi connectivity index (χ3v) is 4.96. The molecule has 0 saturated carbocycles. The first kappa shape index (κ1) is 20.5. The van der Waals surface area contributed by atoms with Crippen LogP contribution in [0.1, 0.15) is 30.4 Å². The van der Waals surface area contributed by atoms with Gasteiger partial charge in [0.1, 0.15) is 0 Å². The molecule has 131 valence electrons. The Labute approximate surface area is 140 Å². The van der Waals surface area contributed by atoms with Gasteiger partial charge in [0.15, 0.2) is 0 Å². The van der Waals surface area contributed by atoms with E-state index in [1.165, 1.54) is 0 Å². The number of thioether (sulfide) groups is 2. The van der Waals surface area contributed by atoms with Gasteiger partial charge in [0.25, 0.3) is 0 Å². The maximum absolute atomic E-state index is 12.2. The molecule has 0 fully saturated rings. The maximum atomic E-state index is 12.2. The van der Waals surface area contributed by atoms with Crippen molar-refractivity contribution in [1.82, 2.24) is 0 Å². The fourth-order valence-electron chi connectivity index (χ4n) is 1.89. The molecule has 0 unspecified atom stereocenters. The van der Waals surface area contributed by atoms with Crippen LogP contribution in [0.3, 0.4) is 0 Å². The van der Waals surface area contributed by atoms with Crippen LogP contribution in [0.2, 0.25) is 0 Å². The Morgan fingerprint density at radius 2 is 1.74 bits per heavy atom. The summed E-state index contributed by atoms with van der Waals surface area (Å²) in [7, 11) is 0. The Morgan fingerprint density at radius 3 is 2.30 bits per heavy atom. The van der Waals surface area contributed by atoms with E-state index >= 15 is 0 Å². The number of hydrogen-bond donors (Lipinski definition) is 0. The van der Waals surface area contributed by atoms with Crippen LogP contribution in [-0.2, 0) is 6.42 Å². The van der Waals surface area contributed by atoms with Gasteiger partial charge in [-0.2, -0.15) is 26.3 Å². The van der Waals surface area contributed by atoms with Gasteiger partial charge in [-0.05, 0) is 49.4 Å². The fraction of sp³-hybridized carbons (Fsp3) is 0.600. The molecule has 0 aliphatic rings. The van der Waals surface area contributed by atoms with E-state index in [0.29, 0.717) is 24.2 Å². The first-order valence-electron chi connectivity index (χ1n) is 6.98. The summed E-state index contributed by atoms with van der Waals surface area (Å²) in [5, 5.41) is 0. The van der Waals surface area contributed by atoms with Crippen LogP contribution in [0.15, 0.2) is 17.0 Å². The predicted octanol–water partition coefficient (Wildman–Crippen LogP) is 6.42. The molecule has 0 aromatic heterocycles. The molecular weight excluding hydrogens is 358 g/mol. The zero-order valence-electron chi connectivity index (χ0n) is 12.5. The SMILES string of the molecule is Cc1cc(CCCCCSC(F)(F)F)[c]cc1SCC(F)(F)F. The lowest BCUT2D eigenvalue weighted by atomic mass is 10.1. The highest BCUT2D eigenvalue weighted by atomic mass is 32.2. The van der Waals surface area contributed by atoms with Crippen LogP contribution in [0.5, 0.6) is 0 Å². The van der Waals surface area contributed by atoms with Crippen molar-refractivity contribution < 1.29 is 26.3 Å². The molecule has 0 spiro atoms. The van der Waals surface area contributed by atoms with Crippen molar-refractivity contribution in [2.45, 2.75) is 49.2 Å². The summed E-state index contributed by atoms with van der Waals surface area (Å²) in [5.41, 5.74) is -2.53. The number of halogens is 6. The molecule has 0 bridgehead atoms. The Kier molecular flexibility index (Phi) is 8.13. The summed E-state index contributed by atoms with van der Waals surface area (Å²) in [6.45, 7) is 1.75. The molecule has 0 amide bonds. The molecule has 23 heavy (non-hydrogen) atoms. The molecule has 1 aromatic carbocycles. The van der Waals surface area contributed by atoms with Gasteiger partial charge in [-0.3, -0.25) is 0 Å². The van der Waals surface area contributed by atoms with Gasteiger partial charge >= 0.3 is 11.7 Å². The van der Waals surface area contributed by atoms with E-state index in [2.05, 4.69) is 6.07 Å². The van der Waals surface area contributed by atoms with Crippen LogP contribution in [0, 0.1) is 13.0 Å². The monoisotopic (exact) mass is 375 g/mol. The lowest BCUT2D eigenvalue weighted by Gasteiger charge is -2.10. The normalized spacial score (nSPS) is 12.7. The van der Waals surface area contributed by atoms with Crippen molar-refractivity contribution in [2.24, 2.45) is 0 Å². The number of unbranched alkanes of at least 4 members (excludes halogenated alkanes) is 2. The smallest absolute Gasteiger partial charge is 0.170 e. The Morgan fingerprint density at radius 1 is 1.04 bits per heavy atom. The Balaban J connectivity index is 2.32. The van der Waals surface area contributed by atoms with Crippen molar-refractivity contribution in [3.63, 3.8) is 0 Å². The van der Waals surface area contributed by atoms with Crippen molar-refractivity contribution in [3.05, 3.63) is 29.3 Å². The van der Waals surface area contributed by atoms with E-state index in [-0.39, 0.29) is 17.5 Å². The van der Waals surface area contributed by atoms with Crippen LogP contribution in [0.25, 0.3) is 0 Å². The van der Waals surface area contributed by atoms with E-state index in [9.17, 15) is 26.3 Å². The maximum Gasteiger partial charge on any atom is 0.441 e. The largest absolute Gasteiger partial charge is 0.441 e. The van der Waals surface area contributed by atoms with Gasteiger partial charge in [-0.1, -0.05) is 24.2 Å². The molecular formula is C15H17F6S2. The standard InChI is InChI=1S/C15H17F6S2/c1-11-9-12(5-3-2-4-8-23-15(19,20)21)6-7-13(11)22-10-14(16,17)18/h7,9H,2-5,8,10H2,1H3. The van der Waals surface area contributed by atoms with E-state index in [1.807, 2.05) is 0 Å².